The van der Waals surface area contributed by atoms with Crippen molar-refractivity contribution in [2.45, 2.75) is 32.9 Å². The molecule has 0 radical (unpaired) electrons. The summed E-state index contributed by atoms with van der Waals surface area (Å²) in [4.78, 5) is 32.0. The van der Waals surface area contributed by atoms with Crippen LogP contribution in [0.2, 0.25) is 0 Å². The fourth-order valence-electron chi connectivity index (χ4n) is 5.10. The first-order valence-corrected chi connectivity index (χ1v) is 14.2. The van der Waals surface area contributed by atoms with Crippen LogP contribution >= 0.6 is 0 Å². The van der Waals surface area contributed by atoms with Crippen LogP contribution in [0.4, 0.5) is 11.4 Å². The van der Waals surface area contributed by atoms with Crippen LogP contribution in [0.15, 0.2) is 103 Å². The minimum Gasteiger partial charge on any atom is -0.378 e. The predicted molar refractivity (Wildman–Crippen MR) is 164 cm³/mol. The highest BCUT2D eigenvalue weighted by Crippen LogP contribution is 2.28. The Morgan fingerprint density at radius 2 is 1.39 bits per heavy atom. The second kappa shape index (κ2) is 13.3. The Kier molecular flexibility index (Phi) is 9.12. The Hall–Kier alpha value is -4.42. The Balaban J connectivity index is 1.45. The second-order valence-corrected chi connectivity index (χ2v) is 10.6. The van der Waals surface area contributed by atoms with E-state index in [4.69, 9.17) is 4.74 Å². The fraction of sp³-hybridized carbons (Fsp3) is 0.257. The van der Waals surface area contributed by atoms with Gasteiger partial charge < -0.3 is 19.9 Å². The number of amides is 2. The minimum atomic E-state index is -0.813. The summed E-state index contributed by atoms with van der Waals surface area (Å²) in [7, 11) is 0. The monoisotopic (exact) mass is 547 g/mol. The lowest BCUT2D eigenvalue weighted by atomic mass is 10.00. The number of nitrogens with zero attached hydrogens (tertiary/aromatic N) is 2. The minimum absolute atomic E-state index is 0.111. The van der Waals surface area contributed by atoms with Gasteiger partial charge in [-0.2, -0.15) is 0 Å². The van der Waals surface area contributed by atoms with Gasteiger partial charge in [-0.25, -0.2) is 0 Å². The van der Waals surface area contributed by atoms with Crippen LogP contribution in [-0.4, -0.2) is 43.0 Å². The van der Waals surface area contributed by atoms with Crippen LogP contribution in [0.3, 0.4) is 0 Å². The largest absolute Gasteiger partial charge is 0.378 e. The van der Waals surface area contributed by atoms with Crippen LogP contribution in [0.5, 0.6) is 0 Å². The summed E-state index contributed by atoms with van der Waals surface area (Å²) >= 11 is 0. The van der Waals surface area contributed by atoms with Crippen molar-refractivity contribution in [3.63, 3.8) is 0 Å². The average Bonchev–Trinajstić information content (AvgIpc) is 3.00. The molecule has 4 aromatic rings. The molecule has 4 aromatic carbocycles. The van der Waals surface area contributed by atoms with Crippen molar-refractivity contribution in [2.75, 3.05) is 36.5 Å². The zero-order chi connectivity index (χ0) is 28.6. The Morgan fingerprint density at radius 1 is 0.780 bits per heavy atom. The SMILES string of the molecule is Cc1ccc(CN(C(=O)Cc2ccccc2)C(C(=O)Nc2ccc(N3CCOCC3)cc2)c2ccc(C)cc2)cc1. The number of carbonyl (C=O) groups is 2. The zero-order valence-electron chi connectivity index (χ0n) is 23.8. The van der Waals surface area contributed by atoms with Crippen molar-refractivity contribution in [3.05, 3.63) is 131 Å². The van der Waals surface area contributed by atoms with Crippen molar-refractivity contribution in [3.8, 4) is 0 Å². The number of anilines is 2. The molecule has 1 atom stereocenters. The second-order valence-electron chi connectivity index (χ2n) is 10.6. The van der Waals surface area contributed by atoms with Crippen molar-refractivity contribution >= 4 is 23.2 Å². The molecule has 1 N–H and O–H groups in total. The van der Waals surface area contributed by atoms with Crippen LogP contribution < -0.4 is 10.2 Å². The summed E-state index contributed by atoms with van der Waals surface area (Å²) in [6, 6.07) is 32.7. The third-order valence-electron chi connectivity index (χ3n) is 7.46. The van der Waals surface area contributed by atoms with Gasteiger partial charge in [-0.3, -0.25) is 9.59 Å². The van der Waals surface area contributed by atoms with Crippen molar-refractivity contribution in [1.29, 1.82) is 0 Å². The summed E-state index contributed by atoms with van der Waals surface area (Å²) in [5.74, 6) is -0.360. The number of benzene rings is 4. The van der Waals surface area contributed by atoms with E-state index in [1.54, 1.807) is 4.90 Å². The van der Waals surface area contributed by atoms with Crippen LogP contribution in [0, 0.1) is 13.8 Å². The molecule has 0 spiro atoms. The highest BCUT2D eigenvalue weighted by atomic mass is 16.5. The van der Waals surface area contributed by atoms with E-state index in [9.17, 15) is 9.59 Å². The zero-order valence-corrected chi connectivity index (χ0v) is 23.8. The van der Waals surface area contributed by atoms with Gasteiger partial charge in [-0.05, 0) is 54.8 Å². The lowest BCUT2D eigenvalue weighted by Crippen LogP contribution is -2.41. The molecule has 1 aliphatic heterocycles. The Morgan fingerprint density at radius 3 is 2.02 bits per heavy atom. The summed E-state index contributed by atoms with van der Waals surface area (Å²) in [6.07, 6.45) is 0.205. The van der Waals surface area contributed by atoms with Crippen LogP contribution in [-0.2, 0) is 27.3 Å². The number of aryl methyl sites for hydroxylation is 2. The van der Waals surface area contributed by atoms with E-state index in [-0.39, 0.29) is 18.2 Å². The summed E-state index contributed by atoms with van der Waals surface area (Å²) in [5.41, 5.74) is 6.67. The summed E-state index contributed by atoms with van der Waals surface area (Å²) in [6.45, 7) is 7.48. The van der Waals surface area contributed by atoms with E-state index in [2.05, 4.69) is 10.2 Å². The molecule has 0 aliphatic carbocycles. The maximum atomic E-state index is 14.1. The normalized spacial score (nSPS) is 13.9. The number of carbonyl (C=O) groups excluding carboxylic acids is 2. The molecule has 1 saturated heterocycles. The molecule has 210 valence electrons. The molecule has 0 saturated carbocycles. The lowest BCUT2D eigenvalue weighted by molar-refractivity contribution is -0.139. The number of hydrogen-bond acceptors (Lipinski definition) is 4. The third-order valence-corrected chi connectivity index (χ3v) is 7.46. The van der Waals surface area contributed by atoms with E-state index in [1.807, 2.05) is 117 Å². The smallest absolute Gasteiger partial charge is 0.251 e. The molecular formula is C35H37N3O3. The van der Waals surface area contributed by atoms with Crippen LogP contribution in [0.1, 0.15) is 33.9 Å². The molecule has 1 unspecified atom stereocenters. The molecule has 6 nitrogen and oxygen atoms in total. The topological polar surface area (TPSA) is 61.9 Å². The molecule has 1 aliphatic rings. The fourth-order valence-corrected chi connectivity index (χ4v) is 5.10. The molecular weight excluding hydrogens is 510 g/mol. The van der Waals surface area contributed by atoms with Gasteiger partial charge in [0.15, 0.2) is 0 Å². The molecule has 0 aromatic heterocycles. The summed E-state index contributed by atoms with van der Waals surface area (Å²) in [5, 5.41) is 3.10. The third kappa shape index (κ3) is 7.41. The van der Waals surface area contributed by atoms with Crippen molar-refractivity contribution < 1.29 is 14.3 Å². The van der Waals surface area contributed by atoms with Gasteiger partial charge in [0, 0.05) is 31.0 Å². The number of hydrogen-bond donors (Lipinski definition) is 1. The highest BCUT2D eigenvalue weighted by Gasteiger charge is 2.32. The average molecular weight is 548 g/mol. The first-order valence-electron chi connectivity index (χ1n) is 14.2. The quantitative estimate of drug-likeness (QED) is 0.275. The molecule has 2 amide bonds. The van der Waals surface area contributed by atoms with Crippen molar-refractivity contribution in [2.24, 2.45) is 0 Å². The molecule has 41 heavy (non-hydrogen) atoms. The van der Waals surface area contributed by atoms with E-state index < -0.39 is 6.04 Å². The first kappa shape index (κ1) is 28.1. The maximum absolute atomic E-state index is 14.1. The number of rotatable bonds is 9. The van der Waals surface area contributed by atoms with E-state index in [0.29, 0.717) is 25.4 Å². The van der Waals surface area contributed by atoms with Crippen LogP contribution in [0.25, 0.3) is 0 Å². The van der Waals surface area contributed by atoms with Gasteiger partial charge in [-0.15, -0.1) is 0 Å². The van der Waals surface area contributed by atoms with Gasteiger partial charge in [0.2, 0.25) is 5.91 Å². The number of ether oxygens (including phenoxy) is 1. The predicted octanol–water partition coefficient (Wildman–Crippen LogP) is 6.09. The Labute approximate surface area is 242 Å². The van der Waals surface area contributed by atoms with E-state index in [1.165, 1.54) is 0 Å². The number of morpholine rings is 1. The highest BCUT2D eigenvalue weighted by molar-refractivity contribution is 5.98. The van der Waals surface area contributed by atoms with Gasteiger partial charge >= 0.3 is 0 Å². The molecule has 5 rings (SSSR count). The van der Waals surface area contributed by atoms with E-state index >= 15 is 0 Å². The van der Waals surface area contributed by atoms with Crippen molar-refractivity contribution in [1.82, 2.24) is 4.90 Å². The van der Waals surface area contributed by atoms with Gasteiger partial charge in [0.05, 0.1) is 19.6 Å². The summed E-state index contributed by atoms with van der Waals surface area (Å²) < 4.78 is 5.47. The first-order chi connectivity index (χ1) is 20.0. The van der Waals surface area contributed by atoms with E-state index in [0.717, 1.165) is 46.6 Å². The molecule has 0 bridgehead atoms. The lowest BCUT2D eigenvalue weighted by Gasteiger charge is -2.32. The maximum Gasteiger partial charge on any atom is 0.251 e. The number of nitrogens with one attached hydrogen (secondary N) is 1. The Bertz CT molecular complexity index is 1430. The molecule has 6 heteroatoms. The van der Waals surface area contributed by atoms with Gasteiger partial charge in [0.25, 0.3) is 5.91 Å². The molecule has 1 heterocycles. The standard InChI is InChI=1S/C35H37N3O3/c1-26-8-12-29(13-9-26)25-38(33(39)24-28-6-4-3-5-7-28)34(30-14-10-27(2)11-15-30)35(40)36-31-16-18-32(19-17-31)37-20-22-41-23-21-37/h3-19,34H,20-25H2,1-2H3,(H,36,40). The van der Waals surface area contributed by atoms with Gasteiger partial charge in [-0.1, -0.05) is 90.0 Å². The van der Waals surface area contributed by atoms with Gasteiger partial charge in [0.1, 0.15) is 6.04 Å². The molecule has 1 fully saturated rings.